The first-order chi connectivity index (χ1) is 16.5. The smallest absolute Gasteiger partial charge is 0.410 e. The van der Waals surface area contributed by atoms with Crippen LogP contribution in [0.3, 0.4) is 0 Å². The van der Waals surface area contributed by atoms with Crippen LogP contribution in [0.1, 0.15) is 90.1 Å². The molecule has 35 heavy (non-hydrogen) atoms. The molecule has 3 rings (SSSR count). The van der Waals surface area contributed by atoms with Crippen molar-refractivity contribution in [1.29, 1.82) is 0 Å². The molecule has 1 unspecified atom stereocenters. The lowest BCUT2D eigenvalue weighted by molar-refractivity contribution is -0.0398. The molecule has 2 aliphatic rings. The van der Waals surface area contributed by atoms with E-state index in [0.29, 0.717) is 18.4 Å². The molecule has 0 N–H and O–H groups in total. The maximum atomic E-state index is 12.3. The van der Waals surface area contributed by atoms with Crippen LogP contribution in [0.25, 0.3) is 0 Å². The third kappa shape index (κ3) is 8.76. The summed E-state index contributed by atoms with van der Waals surface area (Å²) in [5.74, 6) is 1.20. The zero-order chi connectivity index (χ0) is 25.6. The van der Waals surface area contributed by atoms with E-state index in [1.54, 1.807) is 11.9 Å². The number of carbonyl (C=O) groups excluding carboxylic acids is 1. The van der Waals surface area contributed by atoms with E-state index in [2.05, 4.69) is 41.6 Å². The summed E-state index contributed by atoms with van der Waals surface area (Å²) in [5, 5.41) is 5.12. The zero-order valence-electron chi connectivity index (χ0n) is 23.3. The lowest BCUT2D eigenvalue weighted by Gasteiger charge is -2.33. The summed E-state index contributed by atoms with van der Waals surface area (Å²) in [5.41, 5.74) is 2.06. The molecule has 0 aliphatic carbocycles. The van der Waals surface area contributed by atoms with Crippen LogP contribution in [0.5, 0.6) is 0 Å². The number of amides is 1. The normalized spacial score (nSPS) is 20.5. The van der Waals surface area contributed by atoms with E-state index < -0.39 is 5.60 Å². The third-order valence-corrected chi connectivity index (χ3v) is 6.85. The van der Waals surface area contributed by atoms with Gasteiger partial charge in [-0.1, -0.05) is 13.8 Å². The van der Waals surface area contributed by atoms with Gasteiger partial charge in [0.1, 0.15) is 11.8 Å². The fourth-order valence-corrected chi connectivity index (χ4v) is 5.02. The Bertz CT molecular complexity index is 789. The maximum Gasteiger partial charge on any atom is 0.410 e. The van der Waals surface area contributed by atoms with Gasteiger partial charge in [0.05, 0.1) is 5.69 Å². The van der Waals surface area contributed by atoms with Crippen LogP contribution in [0.4, 0.5) is 4.79 Å². The van der Waals surface area contributed by atoms with Crippen molar-refractivity contribution in [3.63, 3.8) is 0 Å². The van der Waals surface area contributed by atoms with Gasteiger partial charge in [-0.05, 0) is 78.9 Å². The molecule has 1 aromatic heterocycles. The van der Waals surface area contributed by atoms with E-state index in [1.165, 1.54) is 24.2 Å². The monoisotopic (exact) mass is 491 g/mol. The van der Waals surface area contributed by atoms with E-state index in [9.17, 15) is 4.79 Å². The van der Waals surface area contributed by atoms with E-state index in [1.807, 2.05) is 20.8 Å². The van der Waals surface area contributed by atoms with Gasteiger partial charge in [0, 0.05) is 57.5 Å². The Labute approximate surface area is 212 Å². The molecule has 1 amide bonds. The van der Waals surface area contributed by atoms with Crippen molar-refractivity contribution in [2.24, 2.45) is 5.92 Å². The molecular formula is C27H49N5O3. The van der Waals surface area contributed by atoms with E-state index in [4.69, 9.17) is 14.6 Å². The first-order valence-corrected chi connectivity index (χ1v) is 13.6. The number of likely N-dealkylation sites (tertiary alicyclic amines) is 1. The van der Waals surface area contributed by atoms with Crippen molar-refractivity contribution >= 4 is 6.09 Å². The summed E-state index contributed by atoms with van der Waals surface area (Å²) in [6, 6.07) is 0. The minimum Gasteiger partial charge on any atom is -0.444 e. The molecule has 0 radical (unpaired) electrons. The Morgan fingerprint density at radius 3 is 2.49 bits per heavy atom. The second-order valence-electron chi connectivity index (χ2n) is 11.9. The van der Waals surface area contributed by atoms with Crippen molar-refractivity contribution in [2.75, 3.05) is 53.4 Å². The molecule has 2 saturated heterocycles. The fourth-order valence-electron chi connectivity index (χ4n) is 5.02. The summed E-state index contributed by atoms with van der Waals surface area (Å²) < 4.78 is 13.6. The summed E-state index contributed by atoms with van der Waals surface area (Å²) in [4.78, 5) is 18.9. The van der Waals surface area contributed by atoms with Crippen molar-refractivity contribution < 1.29 is 14.3 Å². The summed E-state index contributed by atoms with van der Waals surface area (Å²) in [6.45, 7) is 16.8. The number of nitrogens with zero attached hydrogens (tertiary/aromatic N) is 5. The standard InChI is InChI=1S/C27H49N5O3/c1-21(2)18-31-13-11-22(12-14-31)25-23(20-32(28-25)24-10-8-9-17-34-24)19-29(6)15-16-30(7)26(33)35-27(3,4)5/h20-22,24H,8-19H2,1-7H3. The number of rotatable bonds is 9. The number of hydrogen-bond donors (Lipinski definition) is 0. The largest absolute Gasteiger partial charge is 0.444 e. The predicted molar refractivity (Wildman–Crippen MR) is 140 cm³/mol. The topological polar surface area (TPSA) is 63.1 Å². The summed E-state index contributed by atoms with van der Waals surface area (Å²) in [6.07, 6.45) is 7.69. The minimum absolute atomic E-state index is 0.0564. The average molecular weight is 492 g/mol. The van der Waals surface area contributed by atoms with Crippen LogP contribution in [0, 0.1) is 5.92 Å². The van der Waals surface area contributed by atoms with Crippen molar-refractivity contribution in [1.82, 2.24) is 24.5 Å². The van der Waals surface area contributed by atoms with Crippen LogP contribution in [-0.4, -0.2) is 89.6 Å². The highest BCUT2D eigenvalue weighted by molar-refractivity contribution is 5.67. The molecule has 1 aromatic rings. The van der Waals surface area contributed by atoms with Gasteiger partial charge in [-0.25, -0.2) is 9.48 Å². The van der Waals surface area contributed by atoms with Gasteiger partial charge < -0.3 is 24.2 Å². The fraction of sp³-hybridized carbons (Fsp3) is 0.852. The Kier molecular flexibility index (Phi) is 10.0. The molecule has 0 saturated carbocycles. The average Bonchev–Trinajstić information content (AvgIpc) is 3.20. The quantitative estimate of drug-likeness (QED) is 0.498. The van der Waals surface area contributed by atoms with Gasteiger partial charge >= 0.3 is 6.09 Å². The third-order valence-electron chi connectivity index (χ3n) is 6.85. The van der Waals surface area contributed by atoms with Gasteiger partial charge in [-0.15, -0.1) is 0 Å². The minimum atomic E-state index is -0.480. The number of piperidine rings is 1. The summed E-state index contributed by atoms with van der Waals surface area (Å²) >= 11 is 0. The van der Waals surface area contributed by atoms with Crippen LogP contribution >= 0.6 is 0 Å². The second-order valence-corrected chi connectivity index (χ2v) is 11.9. The highest BCUT2D eigenvalue weighted by atomic mass is 16.6. The van der Waals surface area contributed by atoms with Crippen molar-refractivity contribution in [3.8, 4) is 0 Å². The van der Waals surface area contributed by atoms with Crippen LogP contribution in [0.2, 0.25) is 0 Å². The van der Waals surface area contributed by atoms with Crippen LogP contribution < -0.4 is 0 Å². The van der Waals surface area contributed by atoms with E-state index in [0.717, 1.165) is 58.5 Å². The van der Waals surface area contributed by atoms with Gasteiger partial charge in [-0.2, -0.15) is 5.10 Å². The predicted octanol–water partition coefficient (Wildman–Crippen LogP) is 4.72. The van der Waals surface area contributed by atoms with Gasteiger partial charge in [-0.3, -0.25) is 0 Å². The molecule has 2 fully saturated rings. The molecule has 2 aliphatic heterocycles. The van der Waals surface area contributed by atoms with Gasteiger partial charge in [0.15, 0.2) is 0 Å². The molecule has 0 spiro atoms. The molecule has 200 valence electrons. The number of ether oxygens (including phenoxy) is 2. The molecular weight excluding hydrogens is 442 g/mol. The van der Waals surface area contributed by atoms with Crippen LogP contribution in [0.15, 0.2) is 6.20 Å². The number of hydrogen-bond acceptors (Lipinski definition) is 6. The maximum absolute atomic E-state index is 12.3. The molecule has 8 nitrogen and oxygen atoms in total. The Hall–Kier alpha value is -1.64. The van der Waals surface area contributed by atoms with Crippen LogP contribution in [-0.2, 0) is 16.0 Å². The SMILES string of the molecule is CC(C)CN1CCC(c2nn(C3CCCCO3)cc2CN(C)CCN(C)C(=O)OC(C)(C)C)CC1. The van der Waals surface area contributed by atoms with Crippen molar-refractivity contribution in [2.45, 2.75) is 91.0 Å². The van der Waals surface area contributed by atoms with Gasteiger partial charge in [0.2, 0.25) is 0 Å². The van der Waals surface area contributed by atoms with Crippen molar-refractivity contribution in [3.05, 3.63) is 17.5 Å². The first kappa shape index (κ1) is 27.9. The first-order valence-electron chi connectivity index (χ1n) is 13.6. The molecule has 0 bridgehead atoms. The lowest BCUT2D eigenvalue weighted by atomic mass is 9.91. The zero-order valence-corrected chi connectivity index (χ0v) is 23.3. The lowest BCUT2D eigenvalue weighted by Crippen LogP contribution is -2.38. The Morgan fingerprint density at radius 1 is 1.17 bits per heavy atom. The molecule has 3 heterocycles. The number of carbonyl (C=O) groups is 1. The highest BCUT2D eigenvalue weighted by Gasteiger charge is 2.28. The molecule has 8 heteroatoms. The Morgan fingerprint density at radius 2 is 1.89 bits per heavy atom. The number of likely N-dealkylation sites (N-methyl/N-ethyl adjacent to an activating group) is 2. The summed E-state index contributed by atoms with van der Waals surface area (Å²) in [7, 11) is 3.92. The van der Waals surface area contributed by atoms with E-state index in [-0.39, 0.29) is 12.3 Å². The Balaban J connectivity index is 1.64. The molecule has 0 aromatic carbocycles. The second kappa shape index (κ2) is 12.5. The highest BCUT2D eigenvalue weighted by Crippen LogP contribution is 2.32. The van der Waals surface area contributed by atoms with E-state index >= 15 is 0 Å². The van der Waals surface area contributed by atoms with Gasteiger partial charge in [0.25, 0.3) is 0 Å². The molecule has 1 atom stereocenters. The number of aromatic nitrogens is 2.